The van der Waals surface area contributed by atoms with Crippen LogP contribution in [0.4, 0.5) is 0 Å². The maximum absolute atomic E-state index is 11.5. The summed E-state index contributed by atoms with van der Waals surface area (Å²) in [6, 6.07) is 4.97. The fourth-order valence-corrected chi connectivity index (χ4v) is 2.25. The van der Waals surface area contributed by atoms with E-state index in [1.165, 1.54) is 10.9 Å². The molecule has 0 aliphatic rings. The first kappa shape index (κ1) is 23.1. The van der Waals surface area contributed by atoms with Gasteiger partial charge in [-0.2, -0.15) is 0 Å². The van der Waals surface area contributed by atoms with Gasteiger partial charge in [-0.3, -0.25) is 9.78 Å². The van der Waals surface area contributed by atoms with Crippen molar-refractivity contribution < 1.29 is 9.84 Å². The molecule has 1 N–H and O–H groups in total. The van der Waals surface area contributed by atoms with Gasteiger partial charge in [0, 0.05) is 24.7 Å². The van der Waals surface area contributed by atoms with E-state index in [1.54, 1.807) is 25.2 Å². The van der Waals surface area contributed by atoms with Crippen molar-refractivity contribution in [2.75, 3.05) is 6.61 Å². The van der Waals surface area contributed by atoms with Crippen LogP contribution >= 0.6 is 15.9 Å². The topological polar surface area (TPSA) is 77.2 Å². The molecule has 0 aliphatic heterocycles. The standard InChI is InChI=1S/C14H16BrN3O3.2C2H6/c1-9(12-4-3-10(19)8-16-12)5-6-21-13-7-11(15)14(20)18(2)17-13;2*1-2/h3-4,7-9,19H,5-6H2,1-2H3;2*1-2H3. The third kappa shape index (κ3) is 7.69. The van der Waals surface area contributed by atoms with E-state index in [2.05, 4.69) is 26.0 Å². The molecule has 0 amide bonds. The fourth-order valence-electron chi connectivity index (χ4n) is 1.79. The van der Waals surface area contributed by atoms with Crippen LogP contribution in [-0.4, -0.2) is 26.5 Å². The van der Waals surface area contributed by atoms with E-state index in [4.69, 9.17) is 4.74 Å². The molecule has 7 heteroatoms. The minimum absolute atomic E-state index is 0.154. The number of aryl methyl sites for hydroxylation is 1. The lowest BCUT2D eigenvalue weighted by Crippen LogP contribution is -2.20. The second-order valence-corrected chi connectivity index (χ2v) is 5.59. The van der Waals surface area contributed by atoms with Gasteiger partial charge in [0.05, 0.1) is 17.3 Å². The molecule has 6 nitrogen and oxygen atoms in total. The highest BCUT2D eigenvalue weighted by molar-refractivity contribution is 9.10. The molecule has 25 heavy (non-hydrogen) atoms. The van der Waals surface area contributed by atoms with Gasteiger partial charge in [0.1, 0.15) is 5.75 Å². The van der Waals surface area contributed by atoms with Crippen molar-refractivity contribution in [3.05, 3.63) is 44.9 Å². The number of nitrogens with zero attached hydrogens (tertiary/aromatic N) is 3. The average molecular weight is 414 g/mol. The van der Waals surface area contributed by atoms with Gasteiger partial charge >= 0.3 is 0 Å². The molecule has 0 spiro atoms. The molecule has 2 aromatic heterocycles. The number of rotatable bonds is 5. The van der Waals surface area contributed by atoms with Crippen molar-refractivity contribution in [3.63, 3.8) is 0 Å². The minimum atomic E-state index is -0.205. The van der Waals surface area contributed by atoms with Crippen LogP contribution in [0.5, 0.6) is 11.6 Å². The van der Waals surface area contributed by atoms with Crippen molar-refractivity contribution in [2.24, 2.45) is 7.05 Å². The van der Waals surface area contributed by atoms with Gasteiger partial charge in [0.15, 0.2) is 0 Å². The quantitative estimate of drug-likeness (QED) is 0.791. The molecule has 0 saturated heterocycles. The lowest BCUT2D eigenvalue weighted by Gasteiger charge is -2.12. The van der Waals surface area contributed by atoms with Crippen molar-refractivity contribution >= 4 is 15.9 Å². The highest BCUT2D eigenvalue weighted by Gasteiger charge is 2.09. The Morgan fingerprint density at radius 2 is 1.92 bits per heavy atom. The van der Waals surface area contributed by atoms with Crippen LogP contribution in [0.15, 0.2) is 33.7 Å². The number of hydrogen-bond acceptors (Lipinski definition) is 5. The highest BCUT2D eigenvalue weighted by atomic mass is 79.9. The first-order chi connectivity index (χ1) is 12.0. The summed E-state index contributed by atoms with van der Waals surface area (Å²) >= 11 is 3.17. The second-order valence-electron chi connectivity index (χ2n) is 4.74. The van der Waals surface area contributed by atoms with E-state index in [-0.39, 0.29) is 17.2 Å². The van der Waals surface area contributed by atoms with Gasteiger partial charge in [-0.05, 0) is 34.5 Å². The Morgan fingerprint density at radius 3 is 2.44 bits per heavy atom. The van der Waals surface area contributed by atoms with Crippen LogP contribution in [-0.2, 0) is 7.05 Å². The fraction of sp³-hybridized carbons (Fsp3) is 0.500. The van der Waals surface area contributed by atoms with Crippen molar-refractivity contribution in [3.8, 4) is 11.6 Å². The first-order valence-corrected chi connectivity index (χ1v) is 9.28. The van der Waals surface area contributed by atoms with Crippen LogP contribution in [0, 0.1) is 0 Å². The zero-order valence-corrected chi connectivity index (χ0v) is 17.4. The maximum Gasteiger partial charge on any atom is 0.281 e. The Morgan fingerprint density at radius 1 is 1.28 bits per heavy atom. The molecular weight excluding hydrogens is 386 g/mol. The number of aromatic hydroxyl groups is 1. The Labute approximate surface area is 158 Å². The minimum Gasteiger partial charge on any atom is -0.506 e. The van der Waals surface area contributed by atoms with E-state index in [0.29, 0.717) is 17.0 Å². The monoisotopic (exact) mass is 413 g/mol. The SMILES string of the molecule is CC.CC.CC(CCOc1cc(Br)c(=O)n(C)n1)c1ccc(O)cn1. The summed E-state index contributed by atoms with van der Waals surface area (Å²) in [7, 11) is 1.57. The maximum atomic E-state index is 11.5. The summed E-state index contributed by atoms with van der Waals surface area (Å²) in [5.41, 5.74) is 0.690. The number of halogens is 1. The number of ether oxygens (including phenoxy) is 1. The zero-order valence-electron chi connectivity index (χ0n) is 15.8. The van der Waals surface area contributed by atoms with E-state index in [0.717, 1.165) is 12.1 Å². The second kappa shape index (κ2) is 12.5. The Bertz CT molecular complexity index is 646. The molecule has 2 heterocycles. The average Bonchev–Trinajstić information content (AvgIpc) is 2.63. The summed E-state index contributed by atoms with van der Waals surface area (Å²) in [6.45, 7) is 10.5. The van der Waals surface area contributed by atoms with Gasteiger partial charge < -0.3 is 9.84 Å². The first-order valence-electron chi connectivity index (χ1n) is 8.49. The third-order valence-electron chi connectivity index (χ3n) is 3.07. The molecule has 0 aromatic carbocycles. The van der Waals surface area contributed by atoms with Crippen molar-refractivity contribution in [2.45, 2.75) is 47.0 Å². The summed E-state index contributed by atoms with van der Waals surface area (Å²) in [4.78, 5) is 15.7. The molecule has 0 bridgehead atoms. The molecular formula is C18H28BrN3O3. The van der Waals surface area contributed by atoms with Gasteiger partial charge in [-0.1, -0.05) is 34.6 Å². The van der Waals surface area contributed by atoms with Crippen molar-refractivity contribution in [1.29, 1.82) is 0 Å². The van der Waals surface area contributed by atoms with E-state index >= 15 is 0 Å². The lowest BCUT2D eigenvalue weighted by atomic mass is 10.0. The van der Waals surface area contributed by atoms with Crippen molar-refractivity contribution in [1.82, 2.24) is 14.8 Å². The van der Waals surface area contributed by atoms with Gasteiger partial charge in [-0.25, -0.2) is 4.68 Å². The normalized spacial score (nSPS) is 10.7. The van der Waals surface area contributed by atoms with E-state index in [1.807, 2.05) is 34.6 Å². The smallest absolute Gasteiger partial charge is 0.281 e. The summed E-state index contributed by atoms with van der Waals surface area (Å²) in [6.07, 6.45) is 2.18. The molecule has 1 unspecified atom stereocenters. The number of pyridine rings is 1. The Hall–Kier alpha value is -1.89. The van der Waals surface area contributed by atoms with Crippen LogP contribution in [0.1, 0.15) is 52.7 Å². The van der Waals surface area contributed by atoms with E-state index in [9.17, 15) is 9.90 Å². The molecule has 0 radical (unpaired) electrons. The van der Waals surface area contributed by atoms with Gasteiger partial charge in [0.2, 0.25) is 5.88 Å². The summed E-state index contributed by atoms with van der Waals surface area (Å²) in [5.74, 6) is 0.748. The highest BCUT2D eigenvalue weighted by Crippen LogP contribution is 2.19. The summed E-state index contributed by atoms with van der Waals surface area (Å²) < 4.78 is 7.21. The molecule has 1 atom stereocenters. The molecule has 2 rings (SSSR count). The largest absolute Gasteiger partial charge is 0.506 e. The van der Waals surface area contributed by atoms with Gasteiger partial charge in [0.25, 0.3) is 5.56 Å². The Balaban J connectivity index is 0.00000134. The predicted octanol–water partition coefficient (Wildman–Crippen LogP) is 4.27. The van der Waals surface area contributed by atoms with Crippen LogP contribution in [0.25, 0.3) is 0 Å². The molecule has 140 valence electrons. The number of hydrogen-bond donors (Lipinski definition) is 1. The Kier molecular flexibility index (Phi) is 11.5. The van der Waals surface area contributed by atoms with Gasteiger partial charge in [-0.15, -0.1) is 5.10 Å². The molecule has 2 aromatic rings. The zero-order chi connectivity index (χ0) is 19.4. The third-order valence-corrected chi connectivity index (χ3v) is 3.64. The number of aromatic nitrogens is 3. The van der Waals surface area contributed by atoms with Crippen LogP contribution in [0.2, 0.25) is 0 Å². The lowest BCUT2D eigenvalue weighted by molar-refractivity contribution is 0.281. The molecule has 0 fully saturated rings. The van der Waals surface area contributed by atoms with Crippen LogP contribution in [0.3, 0.4) is 0 Å². The van der Waals surface area contributed by atoms with E-state index < -0.39 is 0 Å². The predicted molar refractivity (Wildman–Crippen MR) is 104 cm³/mol. The molecule has 0 saturated carbocycles. The summed E-state index contributed by atoms with van der Waals surface area (Å²) in [5, 5.41) is 13.2. The molecule has 0 aliphatic carbocycles. The van der Waals surface area contributed by atoms with Crippen LogP contribution < -0.4 is 10.3 Å².